The van der Waals surface area contributed by atoms with Gasteiger partial charge in [0.15, 0.2) is 0 Å². The number of carbonyl (C=O) groups is 1. The number of aromatic nitrogens is 4. The highest BCUT2D eigenvalue weighted by Gasteiger charge is 2.27. The molecule has 2 aliphatic heterocycles. The Kier molecular flexibility index (Phi) is 6.30. The van der Waals surface area contributed by atoms with Crippen LogP contribution in [0.1, 0.15) is 49.9 Å². The van der Waals surface area contributed by atoms with Crippen LogP contribution in [-0.2, 0) is 22.6 Å². The molecule has 0 aromatic carbocycles. The SMILES string of the molecule is CCCn1cc(CN2CCC(n3nccc3NC(=O)C3CCOC3)CC2)c(C)n1. The second kappa shape index (κ2) is 9.09. The molecule has 0 spiro atoms. The van der Waals surface area contributed by atoms with Crippen molar-refractivity contribution in [3.05, 3.63) is 29.7 Å². The lowest BCUT2D eigenvalue weighted by Crippen LogP contribution is -2.35. The van der Waals surface area contributed by atoms with Gasteiger partial charge in [0.1, 0.15) is 5.82 Å². The van der Waals surface area contributed by atoms with Crippen molar-refractivity contribution in [2.45, 2.75) is 58.7 Å². The zero-order chi connectivity index (χ0) is 20.2. The van der Waals surface area contributed by atoms with Crippen molar-refractivity contribution < 1.29 is 9.53 Å². The number of anilines is 1. The molecule has 0 bridgehead atoms. The number of nitrogens with one attached hydrogen (secondary N) is 1. The van der Waals surface area contributed by atoms with Gasteiger partial charge in [0.2, 0.25) is 5.91 Å². The molecule has 4 rings (SSSR count). The minimum atomic E-state index is -0.0444. The molecule has 0 radical (unpaired) electrons. The first-order valence-corrected chi connectivity index (χ1v) is 10.8. The summed E-state index contributed by atoms with van der Waals surface area (Å²) in [6.45, 7) is 9.44. The Morgan fingerprint density at radius 2 is 2.14 bits per heavy atom. The first kappa shape index (κ1) is 20.1. The largest absolute Gasteiger partial charge is 0.381 e. The Hall–Kier alpha value is -2.19. The maximum absolute atomic E-state index is 12.4. The van der Waals surface area contributed by atoms with Crippen LogP contribution in [0.3, 0.4) is 0 Å². The molecule has 0 aliphatic carbocycles. The normalized spacial score (nSPS) is 21.0. The zero-order valence-electron chi connectivity index (χ0n) is 17.5. The zero-order valence-corrected chi connectivity index (χ0v) is 17.5. The van der Waals surface area contributed by atoms with Crippen molar-refractivity contribution in [1.29, 1.82) is 0 Å². The first-order chi connectivity index (χ1) is 14.1. The van der Waals surface area contributed by atoms with Crippen molar-refractivity contribution in [2.24, 2.45) is 5.92 Å². The lowest BCUT2D eigenvalue weighted by molar-refractivity contribution is -0.119. The van der Waals surface area contributed by atoms with E-state index in [2.05, 4.69) is 45.1 Å². The summed E-state index contributed by atoms with van der Waals surface area (Å²) < 4.78 is 9.39. The molecule has 1 N–H and O–H groups in total. The highest BCUT2D eigenvalue weighted by atomic mass is 16.5. The summed E-state index contributed by atoms with van der Waals surface area (Å²) in [7, 11) is 0. The van der Waals surface area contributed by atoms with Gasteiger partial charge in [-0.25, -0.2) is 4.68 Å². The third-order valence-electron chi connectivity index (χ3n) is 6.02. The number of carbonyl (C=O) groups excluding carboxylic acids is 1. The van der Waals surface area contributed by atoms with Crippen molar-refractivity contribution in [3.8, 4) is 0 Å². The van der Waals surface area contributed by atoms with Crippen molar-refractivity contribution in [3.63, 3.8) is 0 Å². The quantitative estimate of drug-likeness (QED) is 0.773. The third kappa shape index (κ3) is 4.70. The smallest absolute Gasteiger partial charge is 0.231 e. The van der Waals surface area contributed by atoms with E-state index in [0.29, 0.717) is 19.3 Å². The van der Waals surface area contributed by atoms with E-state index in [-0.39, 0.29) is 11.8 Å². The van der Waals surface area contributed by atoms with E-state index in [1.807, 2.05) is 10.7 Å². The molecule has 2 aromatic heterocycles. The molecule has 1 amide bonds. The summed E-state index contributed by atoms with van der Waals surface area (Å²) >= 11 is 0. The van der Waals surface area contributed by atoms with Crippen LogP contribution >= 0.6 is 0 Å². The van der Waals surface area contributed by atoms with Crippen LogP contribution in [0, 0.1) is 12.8 Å². The van der Waals surface area contributed by atoms with Crippen LogP contribution in [0.15, 0.2) is 18.5 Å². The number of rotatable bonds is 7. The molecule has 2 saturated heterocycles. The van der Waals surface area contributed by atoms with Gasteiger partial charge in [-0.05, 0) is 32.6 Å². The molecule has 2 aliphatic rings. The Labute approximate surface area is 172 Å². The maximum atomic E-state index is 12.4. The number of ether oxygens (including phenoxy) is 1. The minimum Gasteiger partial charge on any atom is -0.381 e. The van der Waals surface area contributed by atoms with Crippen molar-refractivity contribution >= 4 is 11.7 Å². The predicted molar refractivity (Wildman–Crippen MR) is 111 cm³/mol. The van der Waals surface area contributed by atoms with Gasteiger partial charge in [0, 0.05) is 50.6 Å². The molecule has 1 atom stereocenters. The van der Waals surface area contributed by atoms with Crippen LogP contribution in [0.25, 0.3) is 0 Å². The predicted octanol–water partition coefficient (Wildman–Crippen LogP) is 2.61. The number of hydrogen-bond acceptors (Lipinski definition) is 5. The first-order valence-electron chi connectivity index (χ1n) is 10.8. The fraction of sp³-hybridized carbons (Fsp3) is 0.667. The number of aryl methyl sites for hydroxylation is 2. The van der Waals surface area contributed by atoms with E-state index in [9.17, 15) is 4.79 Å². The number of likely N-dealkylation sites (tertiary alicyclic amines) is 1. The van der Waals surface area contributed by atoms with E-state index in [0.717, 1.165) is 63.4 Å². The molecule has 4 heterocycles. The second-order valence-corrected chi connectivity index (χ2v) is 8.22. The van der Waals surface area contributed by atoms with Crippen LogP contribution < -0.4 is 5.32 Å². The molecule has 0 saturated carbocycles. The van der Waals surface area contributed by atoms with Crippen LogP contribution in [0.2, 0.25) is 0 Å². The lowest BCUT2D eigenvalue weighted by Gasteiger charge is -2.32. The summed E-state index contributed by atoms with van der Waals surface area (Å²) in [6.07, 6.45) is 7.92. The van der Waals surface area contributed by atoms with Crippen LogP contribution in [0.5, 0.6) is 0 Å². The standard InChI is InChI=1S/C21H32N6O2/c1-3-9-26-14-18(16(2)24-26)13-25-10-5-19(6-11-25)27-20(4-8-22-27)23-21(28)17-7-12-29-15-17/h4,8,14,17,19H,3,5-7,9-13,15H2,1-2H3,(H,23,28). The molecule has 2 aromatic rings. The van der Waals surface area contributed by atoms with Gasteiger partial charge in [0.25, 0.3) is 0 Å². The second-order valence-electron chi connectivity index (χ2n) is 8.22. The fourth-order valence-corrected chi connectivity index (χ4v) is 4.29. The van der Waals surface area contributed by atoms with Gasteiger partial charge in [-0.3, -0.25) is 14.4 Å². The molecule has 8 heteroatoms. The summed E-state index contributed by atoms with van der Waals surface area (Å²) in [5, 5.41) is 12.2. The molecular weight excluding hydrogens is 368 g/mol. The molecule has 29 heavy (non-hydrogen) atoms. The van der Waals surface area contributed by atoms with Crippen molar-refractivity contribution in [1.82, 2.24) is 24.5 Å². The van der Waals surface area contributed by atoms with E-state index < -0.39 is 0 Å². The number of hydrogen-bond donors (Lipinski definition) is 1. The average molecular weight is 401 g/mol. The number of nitrogens with zero attached hydrogens (tertiary/aromatic N) is 5. The van der Waals surface area contributed by atoms with E-state index >= 15 is 0 Å². The molecule has 158 valence electrons. The summed E-state index contributed by atoms with van der Waals surface area (Å²) in [5.41, 5.74) is 2.45. The summed E-state index contributed by atoms with van der Waals surface area (Å²) in [5.74, 6) is 0.801. The highest BCUT2D eigenvalue weighted by Crippen LogP contribution is 2.27. The number of amides is 1. The summed E-state index contributed by atoms with van der Waals surface area (Å²) in [6, 6.07) is 2.21. The Morgan fingerprint density at radius 1 is 1.31 bits per heavy atom. The third-order valence-corrected chi connectivity index (χ3v) is 6.02. The highest BCUT2D eigenvalue weighted by molar-refractivity contribution is 5.92. The van der Waals surface area contributed by atoms with Gasteiger partial charge in [-0.1, -0.05) is 6.92 Å². The monoisotopic (exact) mass is 400 g/mol. The summed E-state index contributed by atoms with van der Waals surface area (Å²) in [4.78, 5) is 14.9. The molecule has 1 unspecified atom stereocenters. The van der Waals surface area contributed by atoms with E-state index in [4.69, 9.17) is 4.74 Å². The van der Waals surface area contributed by atoms with Gasteiger partial charge < -0.3 is 10.1 Å². The van der Waals surface area contributed by atoms with Crippen LogP contribution in [0.4, 0.5) is 5.82 Å². The fourth-order valence-electron chi connectivity index (χ4n) is 4.29. The van der Waals surface area contributed by atoms with Crippen molar-refractivity contribution in [2.75, 3.05) is 31.6 Å². The Bertz CT molecular complexity index is 815. The van der Waals surface area contributed by atoms with Gasteiger partial charge in [0.05, 0.1) is 30.5 Å². The van der Waals surface area contributed by atoms with Gasteiger partial charge in [-0.15, -0.1) is 0 Å². The topological polar surface area (TPSA) is 77.2 Å². The minimum absolute atomic E-state index is 0.0428. The molecule has 8 nitrogen and oxygen atoms in total. The lowest BCUT2D eigenvalue weighted by atomic mass is 10.0. The molecular formula is C21H32N6O2. The average Bonchev–Trinajstić information content (AvgIpc) is 3.45. The Balaban J connectivity index is 1.32. The van der Waals surface area contributed by atoms with E-state index in [1.165, 1.54) is 5.56 Å². The van der Waals surface area contributed by atoms with Crippen LogP contribution in [-0.4, -0.2) is 56.7 Å². The van der Waals surface area contributed by atoms with E-state index in [1.54, 1.807) is 6.20 Å². The van der Waals surface area contributed by atoms with Gasteiger partial charge >= 0.3 is 0 Å². The van der Waals surface area contributed by atoms with Gasteiger partial charge in [-0.2, -0.15) is 10.2 Å². The maximum Gasteiger partial charge on any atom is 0.231 e. The Morgan fingerprint density at radius 3 is 2.86 bits per heavy atom. The molecule has 2 fully saturated rings. The number of piperidine rings is 1.